The lowest BCUT2D eigenvalue weighted by atomic mass is 9.88. The van der Waals surface area contributed by atoms with Crippen molar-refractivity contribution in [2.75, 3.05) is 12.3 Å². The van der Waals surface area contributed by atoms with Crippen molar-refractivity contribution in [1.29, 1.82) is 0 Å². The smallest absolute Gasteiger partial charge is 0.303 e. The van der Waals surface area contributed by atoms with Gasteiger partial charge in [-0.3, -0.25) is 9.59 Å². The Morgan fingerprint density at radius 1 is 1.19 bits per heavy atom. The van der Waals surface area contributed by atoms with Crippen LogP contribution in [0.1, 0.15) is 43.5 Å². The second kappa shape index (κ2) is 8.29. The molecule has 0 heterocycles. The molecule has 0 aliphatic carbocycles. The first-order valence-electron chi connectivity index (χ1n) is 7.25. The van der Waals surface area contributed by atoms with E-state index in [0.29, 0.717) is 36.1 Å². The number of nitrogens with two attached hydrogens (primary N) is 1. The first kappa shape index (κ1) is 17.0. The monoisotopic (exact) mass is 292 g/mol. The minimum atomic E-state index is -0.772. The fourth-order valence-corrected chi connectivity index (χ4v) is 2.23. The number of amides is 1. The molecule has 0 aromatic heterocycles. The number of nitrogen functional groups attached to an aromatic ring is 1. The molecule has 0 fully saturated rings. The third-order valence-corrected chi connectivity index (χ3v) is 3.65. The van der Waals surface area contributed by atoms with Gasteiger partial charge in [-0.05, 0) is 48.9 Å². The van der Waals surface area contributed by atoms with Crippen molar-refractivity contribution in [3.05, 3.63) is 29.8 Å². The number of carbonyl (C=O) groups is 2. The molecule has 0 radical (unpaired) electrons. The number of rotatable bonds is 8. The highest BCUT2D eigenvalue weighted by molar-refractivity contribution is 5.94. The molecule has 0 saturated heterocycles. The van der Waals surface area contributed by atoms with Crippen LogP contribution in [0.3, 0.4) is 0 Å². The molecule has 5 heteroatoms. The van der Waals surface area contributed by atoms with Gasteiger partial charge in [0.15, 0.2) is 0 Å². The number of hydrogen-bond acceptors (Lipinski definition) is 3. The summed E-state index contributed by atoms with van der Waals surface area (Å²) >= 11 is 0. The van der Waals surface area contributed by atoms with Crippen LogP contribution >= 0.6 is 0 Å². The van der Waals surface area contributed by atoms with Crippen LogP contribution < -0.4 is 11.1 Å². The maximum atomic E-state index is 11.9. The lowest BCUT2D eigenvalue weighted by Gasteiger charge is -2.20. The summed E-state index contributed by atoms with van der Waals surface area (Å²) < 4.78 is 0. The zero-order valence-electron chi connectivity index (χ0n) is 12.6. The number of aliphatic carboxylic acids is 1. The minimum Gasteiger partial charge on any atom is -0.481 e. The van der Waals surface area contributed by atoms with Crippen molar-refractivity contribution in [1.82, 2.24) is 5.32 Å². The minimum absolute atomic E-state index is 0.129. The fraction of sp³-hybridized carbons (Fsp3) is 0.500. The Morgan fingerprint density at radius 3 is 2.33 bits per heavy atom. The van der Waals surface area contributed by atoms with Crippen LogP contribution in [0.4, 0.5) is 5.69 Å². The SMILES string of the molecule is CC(C)C(CCNC(=O)c1ccc(N)cc1)CCC(=O)O. The molecule has 0 aliphatic rings. The van der Waals surface area contributed by atoms with Gasteiger partial charge in [-0.25, -0.2) is 0 Å². The van der Waals surface area contributed by atoms with Gasteiger partial charge in [-0.2, -0.15) is 0 Å². The normalized spacial score (nSPS) is 12.1. The van der Waals surface area contributed by atoms with E-state index in [9.17, 15) is 9.59 Å². The van der Waals surface area contributed by atoms with Gasteiger partial charge in [-0.15, -0.1) is 0 Å². The number of nitrogens with one attached hydrogen (secondary N) is 1. The summed E-state index contributed by atoms with van der Waals surface area (Å²) in [5.41, 5.74) is 6.78. The Balaban J connectivity index is 2.40. The van der Waals surface area contributed by atoms with E-state index in [2.05, 4.69) is 19.2 Å². The molecular weight excluding hydrogens is 268 g/mol. The largest absolute Gasteiger partial charge is 0.481 e. The number of carboxylic acids is 1. The summed E-state index contributed by atoms with van der Waals surface area (Å²) in [6.07, 6.45) is 1.60. The van der Waals surface area contributed by atoms with Crippen LogP contribution in [-0.2, 0) is 4.79 Å². The fourth-order valence-electron chi connectivity index (χ4n) is 2.23. The third kappa shape index (κ3) is 6.29. The van der Waals surface area contributed by atoms with Gasteiger partial charge < -0.3 is 16.2 Å². The highest BCUT2D eigenvalue weighted by Gasteiger charge is 2.15. The van der Waals surface area contributed by atoms with Crippen molar-refractivity contribution >= 4 is 17.6 Å². The van der Waals surface area contributed by atoms with Gasteiger partial charge in [0.1, 0.15) is 0 Å². The van der Waals surface area contributed by atoms with Crippen LogP contribution in [0.15, 0.2) is 24.3 Å². The number of carboxylic acid groups (broad SMARTS) is 1. The first-order valence-corrected chi connectivity index (χ1v) is 7.25. The molecule has 1 aromatic rings. The zero-order chi connectivity index (χ0) is 15.8. The Bertz CT molecular complexity index is 469. The van der Waals surface area contributed by atoms with Gasteiger partial charge in [0.2, 0.25) is 0 Å². The molecular formula is C16H24N2O3. The molecule has 1 atom stereocenters. The van der Waals surface area contributed by atoms with E-state index in [1.807, 2.05) is 0 Å². The van der Waals surface area contributed by atoms with E-state index in [1.165, 1.54) is 0 Å². The quantitative estimate of drug-likeness (QED) is 0.642. The topological polar surface area (TPSA) is 92.4 Å². The van der Waals surface area contributed by atoms with Crippen LogP contribution in [-0.4, -0.2) is 23.5 Å². The number of benzene rings is 1. The van der Waals surface area contributed by atoms with E-state index in [-0.39, 0.29) is 12.3 Å². The van der Waals surface area contributed by atoms with Gasteiger partial charge in [0.25, 0.3) is 5.91 Å². The second-order valence-corrected chi connectivity index (χ2v) is 5.60. The lowest BCUT2D eigenvalue weighted by molar-refractivity contribution is -0.137. The highest BCUT2D eigenvalue weighted by Crippen LogP contribution is 2.20. The molecule has 0 aliphatic heterocycles. The van der Waals surface area contributed by atoms with Crippen LogP contribution in [0.5, 0.6) is 0 Å². The van der Waals surface area contributed by atoms with Crippen molar-refractivity contribution in [3.63, 3.8) is 0 Å². The number of anilines is 1. The summed E-state index contributed by atoms with van der Waals surface area (Å²) in [6.45, 7) is 4.70. The average Bonchev–Trinajstić information content (AvgIpc) is 2.42. The van der Waals surface area contributed by atoms with Gasteiger partial charge in [0.05, 0.1) is 0 Å². The van der Waals surface area contributed by atoms with Gasteiger partial charge >= 0.3 is 5.97 Å². The maximum absolute atomic E-state index is 11.9. The lowest BCUT2D eigenvalue weighted by Crippen LogP contribution is -2.27. The van der Waals surface area contributed by atoms with E-state index in [1.54, 1.807) is 24.3 Å². The molecule has 4 N–H and O–H groups in total. The van der Waals surface area contributed by atoms with Gasteiger partial charge in [-0.1, -0.05) is 13.8 Å². The zero-order valence-corrected chi connectivity index (χ0v) is 12.6. The number of hydrogen-bond donors (Lipinski definition) is 3. The van der Waals surface area contributed by atoms with E-state index < -0.39 is 5.97 Å². The molecule has 116 valence electrons. The predicted molar refractivity (Wildman–Crippen MR) is 83.0 cm³/mol. The average molecular weight is 292 g/mol. The first-order chi connectivity index (χ1) is 9.90. The maximum Gasteiger partial charge on any atom is 0.303 e. The summed E-state index contributed by atoms with van der Waals surface area (Å²) in [7, 11) is 0. The summed E-state index contributed by atoms with van der Waals surface area (Å²) in [4.78, 5) is 22.6. The molecule has 1 rings (SSSR count). The number of carbonyl (C=O) groups excluding carboxylic acids is 1. The Hall–Kier alpha value is -2.04. The second-order valence-electron chi connectivity index (χ2n) is 5.60. The summed E-state index contributed by atoms with van der Waals surface area (Å²) in [5, 5.41) is 11.6. The summed E-state index contributed by atoms with van der Waals surface area (Å²) in [6, 6.07) is 6.77. The molecule has 1 amide bonds. The third-order valence-electron chi connectivity index (χ3n) is 3.65. The van der Waals surface area contributed by atoms with Crippen LogP contribution in [0, 0.1) is 11.8 Å². The molecule has 0 bridgehead atoms. The van der Waals surface area contributed by atoms with E-state index >= 15 is 0 Å². The molecule has 1 aromatic carbocycles. The molecule has 21 heavy (non-hydrogen) atoms. The van der Waals surface area contributed by atoms with Crippen molar-refractivity contribution in [2.24, 2.45) is 11.8 Å². The molecule has 0 spiro atoms. The molecule has 0 saturated carbocycles. The van der Waals surface area contributed by atoms with Crippen molar-refractivity contribution in [3.8, 4) is 0 Å². The standard InChI is InChI=1S/C16H24N2O3/c1-11(2)12(5-8-15(19)20)9-10-18-16(21)13-3-6-14(17)7-4-13/h3-4,6-7,11-12H,5,8-10,17H2,1-2H3,(H,18,21)(H,19,20). The predicted octanol–water partition coefficient (Wildman–Crippen LogP) is 2.53. The Kier molecular flexibility index (Phi) is 6.72. The molecule has 5 nitrogen and oxygen atoms in total. The van der Waals surface area contributed by atoms with E-state index in [0.717, 1.165) is 6.42 Å². The Labute approximate surface area is 125 Å². The molecule has 1 unspecified atom stereocenters. The van der Waals surface area contributed by atoms with Gasteiger partial charge in [0, 0.05) is 24.2 Å². The Morgan fingerprint density at radius 2 is 1.81 bits per heavy atom. The highest BCUT2D eigenvalue weighted by atomic mass is 16.4. The van der Waals surface area contributed by atoms with E-state index in [4.69, 9.17) is 10.8 Å². The van der Waals surface area contributed by atoms with Crippen molar-refractivity contribution < 1.29 is 14.7 Å². The van der Waals surface area contributed by atoms with Crippen LogP contribution in [0.25, 0.3) is 0 Å². The van der Waals surface area contributed by atoms with Crippen LogP contribution in [0.2, 0.25) is 0 Å². The van der Waals surface area contributed by atoms with Crippen molar-refractivity contribution in [2.45, 2.75) is 33.1 Å². The summed E-state index contributed by atoms with van der Waals surface area (Å²) in [5.74, 6) is -0.201.